The number of nitrogens with one attached hydrogen (secondary N) is 1. The SMILES string of the molecule is CCNC(=O)N(Cc1c(-c2ccccc2)noc1N(CC)CC)C1CC1. The van der Waals surface area contributed by atoms with Crippen molar-refractivity contribution in [1.82, 2.24) is 15.4 Å². The van der Waals surface area contributed by atoms with Gasteiger partial charge < -0.3 is 19.6 Å². The fourth-order valence-corrected chi connectivity index (χ4v) is 3.20. The number of benzene rings is 1. The third-order valence-electron chi connectivity index (χ3n) is 4.77. The molecule has 0 atom stereocenters. The molecule has 1 aliphatic carbocycles. The first-order valence-corrected chi connectivity index (χ1v) is 9.52. The Labute approximate surface area is 155 Å². The van der Waals surface area contributed by atoms with Crippen LogP contribution in [0.1, 0.15) is 39.2 Å². The summed E-state index contributed by atoms with van der Waals surface area (Å²) in [4.78, 5) is 16.6. The van der Waals surface area contributed by atoms with Crippen molar-refractivity contribution in [3.05, 3.63) is 35.9 Å². The maximum absolute atomic E-state index is 12.6. The van der Waals surface area contributed by atoms with Crippen LogP contribution in [0.5, 0.6) is 0 Å². The van der Waals surface area contributed by atoms with E-state index in [0.29, 0.717) is 19.1 Å². The monoisotopic (exact) mass is 356 g/mol. The molecule has 26 heavy (non-hydrogen) atoms. The van der Waals surface area contributed by atoms with Crippen LogP contribution in [0.4, 0.5) is 10.7 Å². The molecule has 2 aromatic rings. The standard InChI is InChI=1S/C20H28N4O2/c1-4-21-20(25)24(16-12-13-16)14-17-18(15-10-8-7-9-11-15)22-26-19(17)23(5-2)6-3/h7-11,16H,4-6,12-14H2,1-3H3,(H,21,25). The van der Waals surface area contributed by atoms with E-state index >= 15 is 0 Å². The van der Waals surface area contributed by atoms with Crippen molar-refractivity contribution in [3.8, 4) is 11.3 Å². The van der Waals surface area contributed by atoms with Crippen LogP contribution in [-0.2, 0) is 6.54 Å². The predicted molar refractivity (Wildman–Crippen MR) is 103 cm³/mol. The van der Waals surface area contributed by atoms with E-state index in [1.165, 1.54) is 0 Å². The zero-order valence-electron chi connectivity index (χ0n) is 15.9. The maximum Gasteiger partial charge on any atom is 0.317 e. The Bertz CT molecular complexity index is 721. The number of rotatable bonds is 8. The number of nitrogens with zero attached hydrogens (tertiary/aromatic N) is 3. The van der Waals surface area contributed by atoms with E-state index in [1.807, 2.05) is 42.2 Å². The number of amides is 2. The van der Waals surface area contributed by atoms with Crippen LogP contribution in [0, 0.1) is 0 Å². The lowest BCUT2D eigenvalue weighted by Gasteiger charge is -2.25. The molecule has 3 rings (SSSR count). The average Bonchev–Trinajstić information content (AvgIpc) is 3.42. The minimum absolute atomic E-state index is 0.0132. The second-order valence-corrected chi connectivity index (χ2v) is 6.55. The summed E-state index contributed by atoms with van der Waals surface area (Å²) in [6, 6.07) is 10.3. The molecule has 1 saturated carbocycles. The topological polar surface area (TPSA) is 61.6 Å². The van der Waals surface area contributed by atoms with Gasteiger partial charge in [0.25, 0.3) is 0 Å². The second-order valence-electron chi connectivity index (χ2n) is 6.55. The molecule has 1 aromatic carbocycles. The Kier molecular flexibility index (Phi) is 5.81. The Hall–Kier alpha value is -2.50. The van der Waals surface area contributed by atoms with Crippen molar-refractivity contribution in [1.29, 1.82) is 0 Å². The number of hydrogen-bond donors (Lipinski definition) is 1. The van der Waals surface area contributed by atoms with Gasteiger partial charge in [-0.1, -0.05) is 35.5 Å². The molecule has 140 valence electrons. The van der Waals surface area contributed by atoms with Crippen molar-refractivity contribution >= 4 is 11.9 Å². The van der Waals surface area contributed by atoms with Gasteiger partial charge in [0.2, 0.25) is 5.88 Å². The summed E-state index contributed by atoms with van der Waals surface area (Å²) in [5.41, 5.74) is 2.82. The van der Waals surface area contributed by atoms with Gasteiger partial charge in [0.1, 0.15) is 5.69 Å². The molecule has 1 N–H and O–H groups in total. The molecule has 2 amide bonds. The average molecular weight is 356 g/mol. The number of aromatic nitrogens is 1. The van der Waals surface area contributed by atoms with Gasteiger partial charge in [-0.2, -0.15) is 0 Å². The molecule has 0 bridgehead atoms. The van der Waals surface area contributed by atoms with Crippen LogP contribution < -0.4 is 10.2 Å². The Morgan fingerprint density at radius 1 is 1.19 bits per heavy atom. The number of hydrogen-bond acceptors (Lipinski definition) is 4. The molecule has 0 aliphatic heterocycles. The first-order valence-electron chi connectivity index (χ1n) is 9.52. The van der Waals surface area contributed by atoms with Crippen LogP contribution in [0.25, 0.3) is 11.3 Å². The summed E-state index contributed by atoms with van der Waals surface area (Å²) >= 11 is 0. The van der Waals surface area contributed by atoms with E-state index in [4.69, 9.17) is 4.52 Å². The van der Waals surface area contributed by atoms with Gasteiger partial charge in [-0.3, -0.25) is 0 Å². The van der Waals surface area contributed by atoms with Crippen molar-refractivity contribution in [3.63, 3.8) is 0 Å². The van der Waals surface area contributed by atoms with E-state index in [9.17, 15) is 4.79 Å². The number of anilines is 1. The molecule has 1 fully saturated rings. The Morgan fingerprint density at radius 2 is 1.88 bits per heavy atom. The number of carbonyl (C=O) groups excluding carboxylic acids is 1. The molecule has 0 radical (unpaired) electrons. The van der Waals surface area contributed by atoms with Crippen LogP contribution >= 0.6 is 0 Å². The van der Waals surface area contributed by atoms with E-state index in [0.717, 1.165) is 48.6 Å². The highest BCUT2D eigenvalue weighted by atomic mass is 16.5. The molecule has 0 saturated heterocycles. The highest BCUT2D eigenvalue weighted by molar-refractivity contribution is 5.76. The van der Waals surface area contributed by atoms with Gasteiger partial charge in [-0.25, -0.2) is 4.79 Å². The molecule has 1 aliphatic rings. The Balaban J connectivity index is 1.99. The van der Waals surface area contributed by atoms with Gasteiger partial charge in [0.15, 0.2) is 0 Å². The van der Waals surface area contributed by atoms with Crippen molar-refractivity contribution < 1.29 is 9.32 Å². The third kappa shape index (κ3) is 3.84. The van der Waals surface area contributed by atoms with Crippen molar-refractivity contribution in [2.45, 2.75) is 46.2 Å². The highest BCUT2D eigenvalue weighted by Gasteiger charge is 2.35. The molecule has 1 aromatic heterocycles. The fourth-order valence-electron chi connectivity index (χ4n) is 3.20. The first kappa shape index (κ1) is 18.3. The maximum atomic E-state index is 12.6. The molecule has 1 heterocycles. The van der Waals surface area contributed by atoms with Gasteiger partial charge in [0.05, 0.1) is 12.1 Å². The summed E-state index contributed by atoms with van der Waals surface area (Å²) in [5.74, 6) is 0.767. The summed E-state index contributed by atoms with van der Waals surface area (Å²) in [7, 11) is 0. The van der Waals surface area contributed by atoms with E-state index in [-0.39, 0.29) is 6.03 Å². The van der Waals surface area contributed by atoms with Crippen LogP contribution in [0.3, 0.4) is 0 Å². The normalized spacial score (nSPS) is 13.5. The number of carbonyl (C=O) groups is 1. The summed E-state index contributed by atoms with van der Waals surface area (Å²) in [6.45, 7) is 8.94. The van der Waals surface area contributed by atoms with Crippen molar-refractivity contribution in [2.75, 3.05) is 24.5 Å². The minimum Gasteiger partial charge on any atom is -0.341 e. The lowest BCUT2D eigenvalue weighted by molar-refractivity contribution is 0.192. The van der Waals surface area contributed by atoms with Crippen LogP contribution in [0.15, 0.2) is 34.9 Å². The molecular formula is C20H28N4O2. The molecule has 6 nitrogen and oxygen atoms in total. The first-order chi connectivity index (χ1) is 12.7. The number of urea groups is 1. The van der Waals surface area contributed by atoms with E-state index < -0.39 is 0 Å². The summed E-state index contributed by atoms with van der Waals surface area (Å²) < 4.78 is 5.75. The third-order valence-corrected chi connectivity index (χ3v) is 4.77. The molecular weight excluding hydrogens is 328 g/mol. The fraction of sp³-hybridized carbons (Fsp3) is 0.500. The highest BCUT2D eigenvalue weighted by Crippen LogP contribution is 2.35. The quantitative estimate of drug-likeness (QED) is 0.780. The van der Waals surface area contributed by atoms with Crippen LogP contribution in [-0.4, -0.2) is 41.8 Å². The summed E-state index contributed by atoms with van der Waals surface area (Å²) in [5, 5.41) is 7.30. The molecule has 0 unspecified atom stereocenters. The molecule has 0 spiro atoms. The van der Waals surface area contributed by atoms with E-state index in [2.05, 4.69) is 29.2 Å². The minimum atomic E-state index is -0.0132. The largest absolute Gasteiger partial charge is 0.341 e. The second kappa shape index (κ2) is 8.25. The zero-order chi connectivity index (χ0) is 18.5. The molecule has 6 heteroatoms. The van der Waals surface area contributed by atoms with Crippen molar-refractivity contribution in [2.24, 2.45) is 0 Å². The van der Waals surface area contributed by atoms with Gasteiger partial charge in [0, 0.05) is 31.2 Å². The predicted octanol–water partition coefficient (Wildman–Crippen LogP) is 3.88. The van der Waals surface area contributed by atoms with Gasteiger partial charge in [-0.05, 0) is 33.6 Å². The lowest BCUT2D eigenvalue weighted by atomic mass is 10.1. The van der Waals surface area contributed by atoms with E-state index in [1.54, 1.807) is 0 Å². The van der Waals surface area contributed by atoms with Crippen LogP contribution in [0.2, 0.25) is 0 Å². The van der Waals surface area contributed by atoms with Gasteiger partial charge in [-0.15, -0.1) is 0 Å². The lowest BCUT2D eigenvalue weighted by Crippen LogP contribution is -2.41. The Morgan fingerprint density at radius 3 is 2.46 bits per heavy atom. The summed E-state index contributed by atoms with van der Waals surface area (Å²) in [6.07, 6.45) is 2.12. The van der Waals surface area contributed by atoms with Gasteiger partial charge >= 0.3 is 6.03 Å². The zero-order valence-corrected chi connectivity index (χ0v) is 15.9. The smallest absolute Gasteiger partial charge is 0.317 e.